The van der Waals surface area contributed by atoms with Crippen molar-refractivity contribution < 1.29 is 9.21 Å². The van der Waals surface area contributed by atoms with Gasteiger partial charge < -0.3 is 9.32 Å². The molecule has 2 aromatic heterocycles. The highest BCUT2D eigenvalue weighted by Crippen LogP contribution is 2.34. The lowest BCUT2D eigenvalue weighted by atomic mass is 10.1. The molecule has 0 bridgehead atoms. The van der Waals surface area contributed by atoms with Gasteiger partial charge in [-0.15, -0.1) is 0 Å². The average molecular weight is 507 g/mol. The third kappa shape index (κ3) is 4.26. The average Bonchev–Trinajstić information content (AvgIpc) is 3.26. The molecule has 0 aliphatic carbocycles. The maximum absolute atomic E-state index is 13.5. The molecule has 0 aliphatic heterocycles. The van der Waals surface area contributed by atoms with Crippen molar-refractivity contribution >= 4 is 56.0 Å². The Balaban J connectivity index is 1.72. The Kier molecular flexibility index (Phi) is 5.91. The first-order valence-corrected chi connectivity index (χ1v) is 10.8. The van der Waals surface area contributed by atoms with Crippen LogP contribution in [0.2, 0.25) is 10.0 Å². The highest BCUT2D eigenvalue weighted by Gasteiger charge is 2.25. The first kappa shape index (κ1) is 21.0. The zero-order valence-corrected chi connectivity index (χ0v) is 19.4. The number of furan rings is 1. The zero-order chi connectivity index (χ0) is 21.4. The SMILES string of the molecule is Cc1c(C(=O)N(Cc2ccc(Cl)cc2)Cc2cnn(C)c2)oc2c(Cl)cc(Br)cc12. The summed E-state index contributed by atoms with van der Waals surface area (Å²) in [5, 5.41) is 6.13. The maximum Gasteiger partial charge on any atom is 0.290 e. The van der Waals surface area contributed by atoms with Gasteiger partial charge in [-0.1, -0.05) is 51.3 Å². The van der Waals surface area contributed by atoms with Gasteiger partial charge in [0.15, 0.2) is 11.3 Å². The normalized spacial score (nSPS) is 11.2. The Labute approximate surface area is 192 Å². The first-order valence-electron chi connectivity index (χ1n) is 9.21. The minimum atomic E-state index is -0.213. The molecule has 30 heavy (non-hydrogen) atoms. The van der Waals surface area contributed by atoms with Gasteiger partial charge in [0.1, 0.15) is 0 Å². The molecule has 2 heterocycles. The lowest BCUT2D eigenvalue weighted by molar-refractivity contribution is 0.0699. The molecule has 2 aromatic carbocycles. The number of nitrogens with zero attached hydrogens (tertiary/aromatic N) is 3. The third-order valence-electron chi connectivity index (χ3n) is 4.86. The number of aromatic nitrogens is 2. The van der Waals surface area contributed by atoms with E-state index in [2.05, 4.69) is 21.0 Å². The van der Waals surface area contributed by atoms with E-state index in [0.717, 1.165) is 26.5 Å². The largest absolute Gasteiger partial charge is 0.449 e. The van der Waals surface area contributed by atoms with Crippen molar-refractivity contribution in [3.63, 3.8) is 0 Å². The fraction of sp³-hybridized carbons (Fsp3) is 0.182. The Bertz CT molecular complexity index is 1230. The van der Waals surface area contributed by atoms with Gasteiger partial charge in [-0.3, -0.25) is 9.48 Å². The van der Waals surface area contributed by atoms with Gasteiger partial charge in [-0.25, -0.2) is 0 Å². The van der Waals surface area contributed by atoms with E-state index < -0.39 is 0 Å². The van der Waals surface area contributed by atoms with Crippen LogP contribution in [0.15, 0.2) is 57.7 Å². The lowest BCUT2D eigenvalue weighted by Crippen LogP contribution is -2.30. The Morgan fingerprint density at radius 3 is 2.53 bits per heavy atom. The molecule has 0 spiro atoms. The van der Waals surface area contributed by atoms with Gasteiger partial charge in [0.2, 0.25) is 0 Å². The molecule has 1 amide bonds. The third-order valence-corrected chi connectivity index (χ3v) is 5.85. The van der Waals surface area contributed by atoms with Crippen LogP contribution >= 0.6 is 39.1 Å². The van der Waals surface area contributed by atoms with Crippen LogP contribution in [-0.4, -0.2) is 20.6 Å². The van der Waals surface area contributed by atoms with Gasteiger partial charge in [-0.05, 0) is 36.8 Å². The molecular weight excluding hydrogens is 489 g/mol. The van der Waals surface area contributed by atoms with E-state index in [0.29, 0.717) is 28.7 Å². The molecule has 0 saturated heterocycles. The fourth-order valence-electron chi connectivity index (χ4n) is 3.37. The monoisotopic (exact) mass is 505 g/mol. The molecule has 0 radical (unpaired) electrons. The predicted octanol–water partition coefficient (Wildman–Crippen LogP) is 6.39. The van der Waals surface area contributed by atoms with Crippen molar-refractivity contribution in [3.05, 3.63) is 85.8 Å². The van der Waals surface area contributed by atoms with E-state index >= 15 is 0 Å². The molecule has 8 heteroatoms. The molecule has 0 atom stereocenters. The summed E-state index contributed by atoms with van der Waals surface area (Å²) in [6.45, 7) is 2.66. The molecule has 0 unspecified atom stereocenters. The van der Waals surface area contributed by atoms with Crippen molar-refractivity contribution in [3.8, 4) is 0 Å². The lowest BCUT2D eigenvalue weighted by Gasteiger charge is -2.21. The second-order valence-corrected chi connectivity index (χ2v) is 8.89. The number of fused-ring (bicyclic) bond motifs is 1. The molecule has 0 aliphatic rings. The number of aryl methyl sites for hydroxylation is 2. The number of amides is 1. The Hall–Kier alpha value is -2.28. The van der Waals surface area contributed by atoms with Crippen molar-refractivity contribution in [1.82, 2.24) is 14.7 Å². The smallest absolute Gasteiger partial charge is 0.290 e. The standard InChI is InChI=1S/C22H18BrCl2N3O2/c1-13-18-7-16(23)8-19(25)21(18)30-20(13)22(29)28(12-15-9-26-27(2)10-15)11-14-3-5-17(24)6-4-14/h3-10H,11-12H2,1-2H3. The van der Waals surface area contributed by atoms with Crippen molar-refractivity contribution in [2.45, 2.75) is 20.0 Å². The Morgan fingerprint density at radius 1 is 1.17 bits per heavy atom. The topological polar surface area (TPSA) is 51.3 Å². The van der Waals surface area contributed by atoms with Crippen LogP contribution in [0.3, 0.4) is 0 Å². The number of rotatable bonds is 5. The van der Waals surface area contributed by atoms with E-state index in [4.69, 9.17) is 27.6 Å². The minimum absolute atomic E-state index is 0.213. The first-order chi connectivity index (χ1) is 14.3. The van der Waals surface area contributed by atoms with Gasteiger partial charge in [0.25, 0.3) is 5.91 Å². The van der Waals surface area contributed by atoms with E-state index in [1.165, 1.54) is 0 Å². The molecule has 5 nitrogen and oxygen atoms in total. The highest BCUT2D eigenvalue weighted by molar-refractivity contribution is 9.10. The molecule has 154 valence electrons. The van der Waals surface area contributed by atoms with E-state index in [-0.39, 0.29) is 11.7 Å². The Morgan fingerprint density at radius 2 is 1.87 bits per heavy atom. The van der Waals surface area contributed by atoms with Gasteiger partial charge in [-0.2, -0.15) is 5.10 Å². The van der Waals surface area contributed by atoms with Crippen molar-refractivity contribution in [2.24, 2.45) is 7.05 Å². The fourth-order valence-corrected chi connectivity index (χ4v) is 4.35. The number of hydrogen-bond acceptors (Lipinski definition) is 3. The number of carbonyl (C=O) groups is 1. The summed E-state index contributed by atoms with van der Waals surface area (Å²) in [7, 11) is 1.85. The van der Waals surface area contributed by atoms with E-state index in [1.807, 2.05) is 50.5 Å². The second-order valence-electron chi connectivity index (χ2n) is 7.13. The van der Waals surface area contributed by atoms with Gasteiger partial charge in [0, 0.05) is 52.3 Å². The number of benzene rings is 2. The molecule has 0 fully saturated rings. The second kappa shape index (κ2) is 8.46. The summed E-state index contributed by atoms with van der Waals surface area (Å²) in [4.78, 5) is 15.3. The molecule has 0 saturated carbocycles. The van der Waals surface area contributed by atoms with Crippen LogP contribution in [0.4, 0.5) is 0 Å². The minimum Gasteiger partial charge on any atom is -0.449 e. The van der Waals surface area contributed by atoms with Crippen LogP contribution in [0.25, 0.3) is 11.0 Å². The van der Waals surface area contributed by atoms with Gasteiger partial charge >= 0.3 is 0 Å². The highest BCUT2D eigenvalue weighted by atomic mass is 79.9. The van der Waals surface area contributed by atoms with Crippen LogP contribution < -0.4 is 0 Å². The summed E-state index contributed by atoms with van der Waals surface area (Å²) in [6, 6.07) is 11.1. The predicted molar refractivity (Wildman–Crippen MR) is 122 cm³/mol. The van der Waals surface area contributed by atoms with Crippen LogP contribution in [0, 0.1) is 6.92 Å². The van der Waals surface area contributed by atoms with Crippen LogP contribution in [0.1, 0.15) is 27.2 Å². The van der Waals surface area contributed by atoms with Gasteiger partial charge in [0.05, 0.1) is 11.2 Å². The molecule has 4 rings (SSSR count). The van der Waals surface area contributed by atoms with Crippen molar-refractivity contribution in [2.75, 3.05) is 0 Å². The van der Waals surface area contributed by atoms with Crippen LogP contribution in [0.5, 0.6) is 0 Å². The van der Waals surface area contributed by atoms with Crippen LogP contribution in [-0.2, 0) is 20.1 Å². The molecule has 0 N–H and O–H groups in total. The molecular formula is C22H18BrCl2N3O2. The van der Waals surface area contributed by atoms with E-state index in [1.54, 1.807) is 21.8 Å². The quantitative estimate of drug-likeness (QED) is 0.315. The number of halogens is 3. The summed E-state index contributed by atoms with van der Waals surface area (Å²) in [6.07, 6.45) is 3.64. The maximum atomic E-state index is 13.5. The zero-order valence-electron chi connectivity index (χ0n) is 16.3. The van der Waals surface area contributed by atoms with E-state index in [9.17, 15) is 4.79 Å². The summed E-state index contributed by atoms with van der Waals surface area (Å²) in [5.74, 6) is 0.0672. The number of hydrogen-bond donors (Lipinski definition) is 0. The number of carbonyl (C=O) groups excluding carboxylic acids is 1. The summed E-state index contributed by atoms with van der Waals surface area (Å²) < 4.78 is 8.48. The summed E-state index contributed by atoms with van der Waals surface area (Å²) in [5.41, 5.74) is 3.15. The molecule has 4 aromatic rings. The van der Waals surface area contributed by atoms with Crippen molar-refractivity contribution in [1.29, 1.82) is 0 Å². The summed E-state index contributed by atoms with van der Waals surface area (Å²) >= 11 is 15.8.